The molecular formula is C43H59O4. The summed E-state index contributed by atoms with van der Waals surface area (Å²) >= 11 is 0. The Morgan fingerprint density at radius 2 is 1.11 bits per heavy atom. The molecule has 4 nitrogen and oxygen atoms in total. The van der Waals surface area contributed by atoms with Crippen LogP contribution in [0.15, 0.2) is 42.5 Å². The number of carbonyl (C=O) groups is 1. The van der Waals surface area contributed by atoms with Crippen molar-refractivity contribution in [3.05, 3.63) is 105 Å². The van der Waals surface area contributed by atoms with E-state index in [2.05, 4.69) is 115 Å². The van der Waals surface area contributed by atoms with Gasteiger partial charge in [0.1, 0.15) is 17.6 Å². The highest BCUT2D eigenvalue weighted by Crippen LogP contribution is 2.42. The van der Waals surface area contributed by atoms with Crippen LogP contribution in [-0.4, -0.2) is 16.2 Å². The van der Waals surface area contributed by atoms with Crippen molar-refractivity contribution in [2.45, 2.75) is 144 Å². The van der Waals surface area contributed by atoms with Gasteiger partial charge in [-0.1, -0.05) is 137 Å². The molecule has 0 aliphatic heterocycles. The number of phenols is 2. The van der Waals surface area contributed by atoms with Gasteiger partial charge in [0.05, 0.1) is 0 Å². The lowest BCUT2D eigenvalue weighted by Crippen LogP contribution is -2.21. The Balaban J connectivity index is 2.04. The van der Waals surface area contributed by atoms with Crippen LogP contribution in [0.5, 0.6) is 11.5 Å². The van der Waals surface area contributed by atoms with Crippen molar-refractivity contribution < 1.29 is 19.7 Å². The molecular weight excluding hydrogens is 580 g/mol. The molecule has 1 radical (unpaired) electrons. The summed E-state index contributed by atoms with van der Waals surface area (Å²) in [5, 5.41) is 22.6. The average Bonchev–Trinajstić information content (AvgIpc) is 2.90. The molecule has 0 aliphatic carbocycles. The fraction of sp³-hybridized carbons (Fsp3) is 0.512. The Morgan fingerprint density at radius 1 is 0.681 bits per heavy atom. The zero-order chi connectivity index (χ0) is 35.9. The minimum Gasteiger partial charge on any atom is -0.507 e. The molecule has 1 unspecified atom stereocenters. The van der Waals surface area contributed by atoms with Gasteiger partial charge in [-0.15, -0.1) is 0 Å². The first kappa shape index (κ1) is 37.9. The zero-order valence-corrected chi connectivity index (χ0v) is 31.5. The fourth-order valence-corrected chi connectivity index (χ4v) is 6.36. The second-order valence-electron chi connectivity index (χ2n) is 17.5. The molecule has 0 heterocycles. The summed E-state index contributed by atoms with van der Waals surface area (Å²) in [6, 6.07) is 12.4. The van der Waals surface area contributed by atoms with Gasteiger partial charge in [-0.2, -0.15) is 0 Å². The Morgan fingerprint density at radius 3 is 1.55 bits per heavy atom. The second-order valence-corrected chi connectivity index (χ2v) is 17.5. The largest absolute Gasteiger partial charge is 0.507 e. The van der Waals surface area contributed by atoms with Gasteiger partial charge in [0, 0.05) is 18.4 Å². The van der Waals surface area contributed by atoms with Gasteiger partial charge < -0.3 is 14.9 Å². The first-order valence-corrected chi connectivity index (χ1v) is 16.9. The van der Waals surface area contributed by atoms with Crippen molar-refractivity contribution in [3.8, 4) is 11.5 Å². The summed E-state index contributed by atoms with van der Waals surface area (Å²) in [4.78, 5) is 13.6. The van der Waals surface area contributed by atoms with E-state index in [-0.39, 0.29) is 34.1 Å². The van der Waals surface area contributed by atoms with Crippen molar-refractivity contribution in [2.75, 3.05) is 0 Å². The molecule has 0 saturated carbocycles. The SMILES string of the molecule is [CH]=CC(OC(=O)CCc1cc(C(C)(C)C)c(O)c(C(C)(C)C)c1)c1c(Cc2cc(C)cc(C(C)(C)C)c2O)cc(C)cc1C(C)(C)C. The van der Waals surface area contributed by atoms with Crippen LogP contribution in [0.25, 0.3) is 0 Å². The Labute approximate surface area is 285 Å². The van der Waals surface area contributed by atoms with Crippen LogP contribution in [0.2, 0.25) is 0 Å². The average molecular weight is 640 g/mol. The molecule has 1 atom stereocenters. The van der Waals surface area contributed by atoms with Crippen LogP contribution >= 0.6 is 0 Å². The zero-order valence-electron chi connectivity index (χ0n) is 31.5. The van der Waals surface area contributed by atoms with Gasteiger partial charge in [0.2, 0.25) is 0 Å². The molecule has 0 aromatic heterocycles. The van der Waals surface area contributed by atoms with Gasteiger partial charge in [-0.05, 0) is 86.9 Å². The minimum atomic E-state index is -0.767. The predicted molar refractivity (Wildman–Crippen MR) is 196 cm³/mol. The summed E-state index contributed by atoms with van der Waals surface area (Å²) in [6.45, 7) is 35.7. The summed E-state index contributed by atoms with van der Waals surface area (Å²) in [7, 11) is 0. The maximum atomic E-state index is 13.6. The van der Waals surface area contributed by atoms with E-state index < -0.39 is 6.10 Å². The highest BCUT2D eigenvalue weighted by Gasteiger charge is 2.30. The molecule has 4 heteroatoms. The number of hydrogen-bond donors (Lipinski definition) is 2. The fourth-order valence-electron chi connectivity index (χ4n) is 6.36. The molecule has 3 rings (SSSR count). The van der Waals surface area contributed by atoms with Crippen LogP contribution in [0.3, 0.4) is 0 Å². The number of esters is 1. The van der Waals surface area contributed by atoms with Gasteiger partial charge in [0.25, 0.3) is 0 Å². The summed E-state index contributed by atoms with van der Waals surface area (Å²) in [6.07, 6.45) is 1.81. The maximum Gasteiger partial charge on any atom is 0.307 e. The highest BCUT2D eigenvalue weighted by atomic mass is 16.5. The number of aryl methyl sites for hydroxylation is 3. The molecule has 0 spiro atoms. The van der Waals surface area contributed by atoms with Crippen molar-refractivity contribution in [3.63, 3.8) is 0 Å². The van der Waals surface area contributed by atoms with Crippen molar-refractivity contribution in [2.24, 2.45) is 0 Å². The highest BCUT2D eigenvalue weighted by molar-refractivity contribution is 5.71. The number of phenolic OH excluding ortho intramolecular Hbond substituents is 2. The van der Waals surface area contributed by atoms with Gasteiger partial charge in [-0.25, -0.2) is 0 Å². The number of ether oxygens (including phenoxy) is 1. The molecule has 0 aliphatic rings. The van der Waals surface area contributed by atoms with Gasteiger partial charge >= 0.3 is 5.97 Å². The van der Waals surface area contributed by atoms with Crippen LogP contribution in [-0.2, 0) is 44.0 Å². The Bertz CT molecular complexity index is 1590. The number of carbonyl (C=O) groups excluding carboxylic acids is 1. The van der Waals surface area contributed by atoms with Crippen LogP contribution in [0.1, 0.15) is 151 Å². The number of benzene rings is 3. The van der Waals surface area contributed by atoms with E-state index in [0.717, 1.165) is 55.6 Å². The molecule has 0 fully saturated rings. The molecule has 0 saturated heterocycles. The van der Waals surface area contributed by atoms with Crippen LogP contribution in [0, 0.1) is 20.4 Å². The lowest BCUT2D eigenvalue weighted by atomic mass is 9.77. The first-order valence-electron chi connectivity index (χ1n) is 16.9. The molecule has 3 aromatic carbocycles. The molecule has 255 valence electrons. The second kappa shape index (κ2) is 13.5. The number of aromatic hydroxyl groups is 2. The van der Waals surface area contributed by atoms with Crippen molar-refractivity contribution >= 4 is 5.97 Å². The third-order valence-electron chi connectivity index (χ3n) is 8.86. The van der Waals surface area contributed by atoms with Gasteiger partial charge in [0.15, 0.2) is 0 Å². The molecule has 0 amide bonds. The van der Waals surface area contributed by atoms with E-state index in [1.807, 2.05) is 18.2 Å². The summed E-state index contributed by atoms with van der Waals surface area (Å²) < 4.78 is 6.18. The topological polar surface area (TPSA) is 66.8 Å². The Kier molecular flexibility index (Phi) is 10.9. The third kappa shape index (κ3) is 9.09. The van der Waals surface area contributed by atoms with E-state index in [4.69, 9.17) is 11.3 Å². The summed E-state index contributed by atoms with van der Waals surface area (Å²) in [5.74, 6) is 0.278. The minimum absolute atomic E-state index is 0.169. The van der Waals surface area contributed by atoms with E-state index in [1.54, 1.807) is 0 Å². The summed E-state index contributed by atoms with van der Waals surface area (Å²) in [5.41, 5.74) is 8.54. The Hall–Kier alpha value is -3.53. The van der Waals surface area contributed by atoms with Crippen LogP contribution in [0.4, 0.5) is 0 Å². The maximum absolute atomic E-state index is 13.6. The van der Waals surface area contributed by atoms with E-state index in [0.29, 0.717) is 24.3 Å². The van der Waals surface area contributed by atoms with E-state index >= 15 is 0 Å². The normalized spacial score (nSPS) is 13.4. The quantitative estimate of drug-likeness (QED) is 0.241. The number of hydrogen-bond acceptors (Lipinski definition) is 4. The van der Waals surface area contributed by atoms with Crippen LogP contribution < -0.4 is 0 Å². The van der Waals surface area contributed by atoms with Crippen molar-refractivity contribution in [1.82, 2.24) is 0 Å². The molecule has 2 N–H and O–H groups in total. The monoisotopic (exact) mass is 639 g/mol. The molecule has 0 bridgehead atoms. The molecule has 47 heavy (non-hydrogen) atoms. The first-order chi connectivity index (χ1) is 21.3. The third-order valence-corrected chi connectivity index (χ3v) is 8.86. The lowest BCUT2D eigenvalue weighted by molar-refractivity contribution is -0.147. The number of rotatable bonds is 8. The van der Waals surface area contributed by atoms with E-state index in [9.17, 15) is 15.0 Å². The smallest absolute Gasteiger partial charge is 0.307 e. The molecule has 3 aromatic rings. The van der Waals surface area contributed by atoms with E-state index in [1.165, 1.54) is 6.08 Å². The lowest BCUT2D eigenvalue weighted by Gasteiger charge is -2.30. The van der Waals surface area contributed by atoms with Gasteiger partial charge in [-0.3, -0.25) is 4.79 Å². The van der Waals surface area contributed by atoms with Crippen molar-refractivity contribution in [1.29, 1.82) is 0 Å². The standard InChI is InChI=1S/C43H59O4/c1-16-35(47-36(44)18-17-28-23-33(42(10,11)12)39(46)34(24-28)43(13,14)15)37-29(19-26(2)21-31(37)40(4,5)6)25-30-20-27(3)22-32(38(30)45)41(7,8)9/h1,16,19-24,35,45-46H,17-18,25H2,2-15H3. The predicted octanol–water partition coefficient (Wildman–Crippen LogP) is 10.7.